The van der Waals surface area contributed by atoms with E-state index in [4.69, 9.17) is 21.7 Å². The van der Waals surface area contributed by atoms with Crippen molar-refractivity contribution in [2.45, 2.75) is 6.61 Å². The minimum atomic E-state index is 0.432. The van der Waals surface area contributed by atoms with Crippen molar-refractivity contribution in [1.29, 1.82) is 0 Å². The Kier molecular flexibility index (Phi) is 8.11. The van der Waals surface area contributed by atoms with Gasteiger partial charge in [-0.25, -0.2) is 0 Å². The van der Waals surface area contributed by atoms with Crippen LogP contribution >= 0.6 is 28.1 Å². The summed E-state index contributed by atoms with van der Waals surface area (Å²) in [5, 5.41) is 6.39. The van der Waals surface area contributed by atoms with Crippen molar-refractivity contribution in [3.63, 3.8) is 0 Å². The molecule has 0 radical (unpaired) electrons. The summed E-state index contributed by atoms with van der Waals surface area (Å²) in [5.41, 5.74) is 4.77. The maximum Gasteiger partial charge on any atom is 0.224 e. The fourth-order valence-electron chi connectivity index (χ4n) is 2.09. The van der Waals surface area contributed by atoms with E-state index in [0.717, 1.165) is 15.6 Å². The van der Waals surface area contributed by atoms with Gasteiger partial charge < -0.3 is 14.8 Å². The minimum absolute atomic E-state index is 0.432. The number of methoxy groups -OCH3 is 1. The largest absolute Gasteiger partial charge is 0.493 e. The molecule has 2 rings (SSSR count). The van der Waals surface area contributed by atoms with Crippen LogP contribution in [0.5, 0.6) is 11.5 Å². The molecule has 0 heterocycles. The Bertz CT molecular complexity index is 779. The number of hydrazone groups is 1. The van der Waals surface area contributed by atoms with Crippen LogP contribution in [0.2, 0.25) is 0 Å². The second-order valence-corrected chi connectivity index (χ2v) is 6.53. The van der Waals surface area contributed by atoms with Crippen LogP contribution in [0.25, 0.3) is 0 Å². The Hall–Kier alpha value is -2.38. The first-order valence-electron chi connectivity index (χ1n) is 7.91. The standard InChI is InChI=1S/C19H20BrN3O2S/c1-3-11-21-19(26)23-22-12-15-5-4-6-17(24-2)18(15)25-13-14-7-9-16(20)10-8-14/h3-10,12H,1,11,13H2,2H3,(H2,21,23,26)/p+1. The molecule has 0 unspecified atom stereocenters. The van der Waals surface area contributed by atoms with Gasteiger partial charge in [-0.15, -0.1) is 17.1 Å². The number of halogens is 1. The molecule has 0 bridgehead atoms. The third-order valence-corrected chi connectivity index (χ3v) is 4.12. The third kappa shape index (κ3) is 6.16. The van der Waals surface area contributed by atoms with Crippen molar-refractivity contribution in [2.75, 3.05) is 13.7 Å². The zero-order valence-corrected chi connectivity index (χ0v) is 16.8. The molecule has 26 heavy (non-hydrogen) atoms. The van der Waals surface area contributed by atoms with E-state index < -0.39 is 0 Å². The first kappa shape index (κ1) is 19.9. The first-order chi connectivity index (χ1) is 12.6. The predicted molar refractivity (Wildman–Crippen MR) is 112 cm³/mol. The van der Waals surface area contributed by atoms with Crippen molar-refractivity contribution in [2.24, 2.45) is 0 Å². The zero-order chi connectivity index (χ0) is 18.8. The number of benzene rings is 2. The highest BCUT2D eigenvalue weighted by Crippen LogP contribution is 2.30. The molecule has 0 saturated heterocycles. The van der Waals surface area contributed by atoms with Crippen LogP contribution in [-0.4, -0.2) is 25.0 Å². The Morgan fingerprint density at radius 1 is 1.27 bits per heavy atom. The molecule has 3 N–H and O–H groups in total. The average molecular weight is 435 g/mol. The Morgan fingerprint density at radius 3 is 2.73 bits per heavy atom. The minimum Gasteiger partial charge on any atom is -0.493 e. The molecule has 0 spiro atoms. The number of ether oxygens (including phenoxy) is 2. The summed E-state index contributed by atoms with van der Waals surface area (Å²) in [4.78, 5) is 0. The fraction of sp³-hybridized carbons (Fsp3) is 0.158. The second kappa shape index (κ2) is 10.6. The lowest BCUT2D eigenvalue weighted by atomic mass is 10.2. The molecular weight excluding hydrogens is 414 g/mol. The average Bonchev–Trinajstić information content (AvgIpc) is 2.66. The van der Waals surface area contributed by atoms with Crippen LogP contribution < -0.4 is 25.3 Å². The van der Waals surface area contributed by atoms with Crippen LogP contribution in [0.4, 0.5) is 0 Å². The summed E-state index contributed by atoms with van der Waals surface area (Å²) in [6, 6.07) is 13.7. The Labute approximate surface area is 167 Å². The summed E-state index contributed by atoms with van der Waals surface area (Å²) in [7, 11) is 1.62. The SMILES string of the molecule is C=CCNC(=S)N[NH+]=Cc1cccc(OC)c1OCc1ccc(Br)cc1. The zero-order valence-electron chi connectivity index (χ0n) is 14.4. The Morgan fingerprint density at radius 2 is 2.04 bits per heavy atom. The van der Waals surface area contributed by atoms with E-state index in [-0.39, 0.29) is 0 Å². The molecular formula is C19H21BrN3O2S+. The van der Waals surface area contributed by atoms with Gasteiger partial charge in [0, 0.05) is 11.0 Å². The topological polar surface area (TPSA) is 56.5 Å². The van der Waals surface area contributed by atoms with E-state index in [1.807, 2.05) is 42.5 Å². The molecule has 136 valence electrons. The second-order valence-electron chi connectivity index (χ2n) is 5.21. The number of hydrazine groups is 1. The molecule has 0 atom stereocenters. The van der Waals surface area contributed by atoms with Crippen molar-refractivity contribution >= 4 is 39.5 Å². The normalized spacial score (nSPS) is 10.4. The van der Waals surface area contributed by atoms with Crippen molar-refractivity contribution in [1.82, 2.24) is 10.7 Å². The Balaban J connectivity index is 2.09. The van der Waals surface area contributed by atoms with Crippen LogP contribution in [0.3, 0.4) is 0 Å². The molecule has 0 aliphatic carbocycles. The van der Waals surface area contributed by atoms with Gasteiger partial charge in [-0.05, 0) is 42.0 Å². The molecule has 0 aliphatic heterocycles. The maximum atomic E-state index is 6.01. The summed E-state index contributed by atoms with van der Waals surface area (Å²) in [6.45, 7) is 4.65. The van der Waals surface area contributed by atoms with Crippen LogP contribution in [-0.2, 0) is 6.61 Å². The smallest absolute Gasteiger partial charge is 0.224 e. The molecule has 0 aliphatic rings. The van der Waals surface area contributed by atoms with Gasteiger partial charge in [-0.3, -0.25) is 0 Å². The predicted octanol–water partition coefficient (Wildman–Crippen LogP) is 2.10. The molecule has 0 amide bonds. The lowest BCUT2D eigenvalue weighted by Gasteiger charge is -2.12. The summed E-state index contributed by atoms with van der Waals surface area (Å²) in [5.74, 6) is 1.31. The summed E-state index contributed by atoms with van der Waals surface area (Å²) >= 11 is 8.56. The molecule has 0 fully saturated rings. The molecule has 5 nitrogen and oxygen atoms in total. The van der Waals surface area contributed by atoms with Gasteiger partial charge in [0.15, 0.2) is 11.5 Å². The van der Waals surface area contributed by atoms with Gasteiger partial charge in [0.05, 0.1) is 12.7 Å². The highest BCUT2D eigenvalue weighted by molar-refractivity contribution is 9.10. The van der Waals surface area contributed by atoms with E-state index in [9.17, 15) is 0 Å². The number of rotatable bonds is 8. The molecule has 0 saturated carbocycles. The number of thiocarbonyl (C=S) groups is 1. The highest BCUT2D eigenvalue weighted by Gasteiger charge is 2.11. The fourth-order valence-corrected chi connectivity index (χ4v) is 2.49. The summed E-state index contributed by atoms with van der Waals surface area (Å²) < 4.78 is 12.5. The van der Waals surface area contributed by atoms with Crippen molar-refractivity contribution in [3.8, 4) is 11.5 Å². The van der Waals surface area contributed by atoms with Crippen LogP contribution in [0.15, 0.2) is 59.6 Å². The molecule has 2 aromatic carbocycles. The van der Waals surface area contributed by atoms with Gasteiger partial charge in [0.1, 0.15) is 6.61 Å². The monoisotopic (exact) mass is 434 g/mol. The first-order valence-corrected chi connectivity index (χ1v) is 9.12. The van der Waals surface area contributed by atoms with Gasteiger partial charge in [0.2, 0.25) is 11.3 Å². The van der Waals surface area contributed by atoms with E-state index in [0.29, 0.717) is 29.8 Å². The summed E-state index contributed by atoms with van der Waals surface area (Å²) in [6.07, 6.45) is 3.50. The molecule has 7 heteroatoms. The van der Waals surface area contributed by atoms with Gasteiger partial charge in [-0.1, -0.05) is 40.2 Å². The van der Waals surface area contributed by atoms with E-state index >= 15 is 0 Å². The number of hydrogen-bond acceptors (Lipinski definition) is 3. The van der Waals surface area contributed by atoms with Crippen LogP contribution in [0.1, 0.15) is 11.1 Å². The van der Waals surface area contributed by atoms with Gasteiger partial charge in [0.25, 0.3) is 0 Å². The van der Waals surface area contributed by atoms with Gasteiger partial charge in [-0.2, -0.15) is 0 Å². The van der Waals surface area contributed by atoms with E-state index in [2.05, 4.69) is 38.4 Å². The lowest BCUT2D eigenvalue weighted by molar-refractivity contribution is -0.500. The third-order valence-electron chi connectivity index (χ3n) is 3.35. The maximum absolute atomic E-state index is 6.01. The van der Waals surface area contributed by atoms with E-state index in [1.165, 1.54) is 0 Å². The quantitative estimate of drug-likeness (QED) is 0.257. The van der Waals surface area contributed by atoms with Crippen molar-refractivity contribution < 1.29 is 14.6 Å². The van der Waals surface area contributed by atoms with Gasteiger partial charge >= 0.3 is 0 Å². The van der Waals surface area contributed by atoms with Crippen LogP contribution in [0, 0.1) is 0 Å². The number of hydrogen-bond donors (Lipinski definition) is 3. The number of para-hydroxylation sites is 1. The number of nitrogens with one attached hydrogen (secondary N) is 3. The highest BCUT2D eigenvalue weighted by atomic mass is 79.9. The lowest BCUT2D eigenvalue weighted by Crippen LogP contribution is -2.82. The molecule has 2 aromatic rings. The molecule has 0 aromatic heterocycles. The van der Waals surface area contributed by atoms with E-state index in [1.54, 1.807) is 19.4 Å². The van der Waals surface area contributed by atoms with Crippen molar-refractivity contribution in [3.05, 3.63) is 70.7 Å².